The minimum atomic E-state index is 0.729. The molecule has 0 heterocycles. The fraction of sp³-hybridized carbons (Fsp3) is 0.882. The summed E-state index contributed by atoms with van der Waals surface area (Å²) in [5.74, 6) is 2.60. The summed E-state index contributed by atoms with van der Waals surface area (Å²) in [6.07, 6.45) is 12.4. The molecule has 104 valence electrons. The summed E-state index contributed by atoms with van der Waals surface area (Å²) in [5.41, 5.74) is 1.60. The molecule has 0 aromatic rings. The summed E-state index contributed by atoms with van der Waals surface area (Å²) in [4.78, 5) is 0. The zero-order chi connectivity index (χ0) is 13.0. The molecule has 0 amide bonds. The van der Waals surface area contributed by atoms with Gasteiger partial charge in [-0.1, -0.05) is 37.8 Å². The average Bonchev–Trinajstić information content (AvgIpc) is 2.36. The second-order valence-corrected chi connectivity index (χ2v) is 6.89. The van der Waals surface area contributed by atoms with E-state index in [9.17, 15) is 0 Å². The fourth-order valence-electron chi connectivity index (χ4n) is 4.00. The van der Waals surface area contributed by atoms with Gasteiger partial charge in [0.05, 0.1) is 0 Å². The molecule has 0 aromatic heterocycles. The van der Waals surface area contributed by atoms with Gasteiger partial charge in [0.1, 0.15) is 0 Å². The van der Waals surface area contributed by atoms with Gasteiger partial charge in [-0.15, -0.1) is 0 Å². The number of rotatable bonds is 4. The first-order valence-electron chi connectivity index (χ1n) is 8.06. The molecule has 2 rings (SSSR count). The molecule has 0 spiro atoms. The van der Waals surface area contributed by atoms with Gasteiger partial charge in [-0.2, -0.15) is 0 Å². The van der Waals surface area contributed by atoms with E-state index >= 15 is 0 Å². The molecule has 1 nitrogen and oxygen atoms in total. The molecular weight excluding hydrogens is 218 g/mol. The molecule has 2 unspecified atom stereocenters. The number of allylic oxidation sites excluding steroid dienone is 2. The summed E-state index contributed by atoms with van der Waals surface area (Å²) >= 11 is 0. The highest BCUT2D eigenvalue weighted by atomic mass is 14.9. The lowest BCUT2D eigenvalue weighted by molar-refractivity contribution is 0.263. The van der Waals surface area contributed by atoms with Crippen LogP contribution in [0.15, 0.2) is 11.6 Å². The van der Waals surface area contributed by atoms with Crippen LogP contribution in [0.25, 0.3) is 0 Å². The molecule has 3 atom stereocenters. The van der Waals surface area contributed by atoms with Crippen LogP contribution in [0.4, 0.5) is 0 Å². The molecule has 0 bridgehead atoms. The van der Waals surface area contributed by atoms with E-state index in [1.54, 1.807) is 5.57 Å². The van der Waals surface area contributed by atoms with Crippen molar-refractivity contribution in [1.29, 1.82) is 0 Å². The quantitative estimate of drug-likeness (QED) is 0.721. The van der Waals surface area contributed by atoms with Crippen molar-refractivity contribution in [1.82, 2.24) is 5.32 Å². The van der Waals surface area contributed by atoms with Crippen LogP contribution in [0.2, 0.25) is 0 Å². The number of hydrogen-bond acceptors (Lipinski definition) is 1. The third-order valence-corrected chi connectivity index (χ3v) is 4.97. The third kappa shape index (κ3) is 4.12. The third-order valence-electron chi connectivity index (χ3n) is 4.97. The van der Waals surface area contributed by atoms with Crippen molar-refractivity contribution in [3.05, 3.63) is 11.6 Å². The molecule has 1 fully saturated rings. The van der Waals surface area contributed by atoms with Crippen molar-refractivity contribution in [2.75, 3.05) is 6.54 Å². The minimum Gasteiger partial charge on any atom is -0.314 e. The van der Waals surface area contributed by atoms with Gasteiger partial charge in [0.25, 0.3) is 0 Å². The smallest absolute Gasteiger partial charge is 0.00671 e. The van der Waals surface area contributed by atoms with E-state index < -0.39 is 0 Å². The Morgan fingerprint density at radius 1 is 1.28 bits per heavy atom. The van der Waals surface area contributed by atoms with Crippen LogP contribution >= 0.6 is 0 Å². The minimum absolute atomic E-state index is 0.729. The van der Waals surface area contributed by atoms with Crippen LogP contribution in [-0.2, 0) is 0 Å². The maximum Gasteiger partial charge on any atom is 0.00671 e. The lowest BCUT2D eigenvalue weighted by Crippen LogP contribution is -2.38. The highest BCUT2D eigenvalue weighted by Gasteiger charge is 2.22. The Bertz CT molecular complexity index is 275. The zero-order valence-corrected chi connectivity index (χ0v) is 12.5. The standard InChI is InChI=1S/C17H31N/c1-13-9-14(2)11-16(10-13)12-18-15(3)17-7-5-4-6-8-17/h9,13,15-18H,4-8,10-12H2,1-3H3/t13?,15-,16?/m1/s1. The Morgan fingerprint density at radius 2 is 2.00 bits per heavy atom. The van der Waals surface area contributed by atoms with Crippen LogP contribution < -0.4 is 5.32 Å². The van der Waals surface area contributed by atoms with Crippen LogP contribution in [0, 0.1) is 17.8 Å². The Balaban J connectivity index is 1.72. The summed E-state index contributed by atoms with van der Waals surface area (Å²) in [6, 6.07) is 0.729. The SMILES string of the molecule is CC1=CC(C)CC(CN[C@H](C)C2CCCCC2)C1. The van der Waals surface area contributed by atoms with Gasteiger partial charge in [-0.3, -0.25) is 0 Å². The first-order chi connectivity index (χ1) is 8.65. The molecule has 0 saturated heterocycles. The average molecular weight is 249 g/mol. The van der Waals surface area contributed by atoms with Crippen molar-refractivity contribution in [3.8, 4) is 0 Å². The monoisotopic (exact) mass is 249 g/mol. The Morgan fingerprint density at radius 3 is 2.67 bits per heavy atom. The van der Waals surface area contributed by atoms with Crippen LogP contribution in [-0.4, -0.2) is 12.6 Å². The molecule has 1 N–H and O–H groups in total. The first-order valence-corrected chi connectivity index (χ1v) is 8.06. The Hall–Kier alpha value is -0.300. The lowest BCUT2D eigenvalue weighted by Gasteiger charge is -2.31. The summed E-state index contributed by atoms with van der Waals surface area (Å²) < 4.78 is 0. The van der Waals surface area contributed by atoms with Crippen molar-refractivity contribution in [3.63, 3.8) is 0 Å². The molecule has 1 heteroatoms. The van der Waals surface area contributed by atoms with Gasteiger partial charge in [-0.05, 0) is 63.8 Å². The second-order valence-electron chi connectivity index (χ2n) is 6.89. The van der Waals surface area contributed by atoms with Crippen molar-refractivity contribution in [2.45, 2.75) is 71.8 Å². The maximum atomic E-state index is 3.84. The van der Waals surface area contributed by atoms with E-state index in [0.717, 1.165) is 23.8 Å². The molecule has 1 saturated carbocycles. The Labute approximate surface area is 113 Å². The predicted molar refractivity (Wildman–Crippen MR) is 79.7 cm³/mol. The van der Waals surface area contributed by atoms with Gasteiger partial charge in [0.15, 0.2) is 0 Å². The molecule has 2 aliphatic rings. The largest absolute Gasteiger partial charge is 0.314 e. The second kappa shape index (κ2) is 6.75. The van der Waals surface area contributed by atoms with Crippen LogP contribution in [0.3, 0.4) is 0 Å². The number of hydrogen-bond donors (Lipinski definition) is 1. The van der Waals surface area contributed by atoms with Crippen molar-refractivity contribution in [2.24, 2.45) is 17.8 Å². The molecule has 2 aliphatic carbocycles. The van der Waals surface area contributed by atoms with Crippen LogP contribution in [0.5, 0.6) is 0 Å². The molecule has 0 aliphatic heterocycles. The van der Waals surface area contributed by atoms with Crippen molar-refractivity contribution < 1.29 is 0 Å². The highest BCUT2D eigenvalue weighted by Crippen LogP contribution is 2.29. The van der Waals surface area contributed by atoms with Gasteiger partial charge >= 0.3 is 0 Å². The first kappa shape index (κ1) is 14.1. The van der Waals surface area contributed by atoms with E-state index in [2.05, 4.69) is 32.2 Å². The topological polar surface area (TPSA) is 12.0 Å². The van der Waals surface area contributed by atoms with Gasteiger partial charge in [-0.25, -0.2) is 0 Å². The fourth-order valence-corrected chi connectivity index (χ4v) is 4.00. The van der Waals surface area contributed by atoms with Gasteiger partial charge in [0, 0.05) is 6.04 Å². The summed E-state index contributed by atoms with van der Waals surface area (Å²) in [6.45, 7) is 8.30. The molecule has 0 aromatic carbocycles. The highest BCUT2D eigenvalue weighted by molar-refractivity contribution is 5.06. The van der Waals surface area contributed by atoms with E-state index in [-0.39, 0.29) is 0 Å². The van der Waals surface area contributed by atoms with E-state index in [1.165, 1.54) is 51.5 Å². The van der Waals surface area contributed by atoms with E-state index in [1.807, 2.05) is 0 Å². The molecule has 18 heavy (non-hydrogen) atoms. The lowest BCUT2D eigenvalue weighted by atomic mass is 9.82. The van der Waals surface area contributed by atoms with E-state index in [0.29, 0.717) is 0 Å². The normalized spacial score (nSPS) is 32.1. The summed E-state index contributed by atoms with van der Waals surface area (Å²) in [7, 11) is 0. The van der Waals surface area contributed by atoms with Crippen molar-refractivity contribution >= 4 is 0 Å². The van der Waals surface area contributed by atoms with Crippen LogP contribution in [0.1, 0.15) is 65.7 Å². The van der Waals surface area contributed by atoms with Gasteiger partial charge in [0.2, 0.25) is 0 Å². The Kier molecular flexibility index (Phi) is 5.29. The number of nitrogens with one attached hydrogen (secondary N) is 1. The summed E-state index contributed by atoms with van der Waals surface area (Å²) in [5, 5.41) is 3.84. The predicted octanol–water partition coefficient (Wildman–Crippen LogP) is 4.54. The molecule has 0 radical (unpaired) electrons. The van der Waals surface area contributed by atoms with Gasteiger partial charge < -0.3 is 5.32 Å². The zero-order valence-electron chi connectivity index (χ0n) is 12.5. The van der Waals surface area contributed by atoms with E-state index in [4.69, 9.17) is 0 Å². The maximum absolute atomic E-state index is 3.84. The molecular formula is C17H31N.